The second-order valence-electron chi connectivity index (χ2n) is 14.6. The average Bonchev–Trinajstić information content (AvgIpc) is 3.09. The second kappa shape index (κ2) is 39.2. The molecule has 0 saturated heterocycles. The van der Waals surface area contributed by atoms with Gasteiger partial charge in [-0.15, -0.1) is 0 Å². The fraction of sp³-hybridized carbons (Fsp3) is 0.930. The van der Waals surface area contributed by atoms with Gasteiger partial charge in [0.25, 0.3) is 0 Å². The molecule has 6 nitrogen and oxygen atoms in total. The van der Waals surface area contributed by atoms with Gasteiger partial charge >= 0.3 is 17.9 Å². The molecule has 0 radical (unpaired) electrons. The topological polar surface area (TPSA) is 78.9 Å². The zero-order chi connectivity index (χ0) is 35.9. The molecular weight excluding hydrogens is 612 g/mol. The first kappa shape index (κ1) is 47.4. The second-order valence-corrected chi connectivity index (χ2v) is 14.6. The van der Waals surface area contributed by atoms with Gasteiger partial charge in [-0.2, -0.15) is 0 Å². The molecule has 0 amide bonds. The highest BCUT2D eigenvalue weighted by molar-refractivity contribution is 5.71. The molecule has 0 aromatic carbocycles. The highest BCUT2D eigenvalue weighted by Crippen LogP contribution is 2.15. The fourth-order valence-corrected chi connectivity index (χ4v) is 6.32. The smallest absolute Gasteiger partial charge is 0.306 e. The van der Waals surface area contributed by atoms with Crippen LogP contribution in [0.3, 0.4) is 0 Å². The molecule has 0 fully saturated rings. The van der Waals surface area contributed by atoms with Crippen molar-refractivity contribution in [3.63, 3.8) is 0 Å². The summed E-state index contributed by atoms with van der Waals surface area (Å²) in [6, 6.07) is 0. The molecule has 0 aromatic rings. The van der Waals surface area contributed by atoms with E-state index in [0.29, 0.717) is 19.3 Å². The van der Waals surface area contributed by atoms with E-state index in [1.165, 1.54) is 135 Å². The summed E-state index contributed by atoms with van der Waals surface area (Å²) in [5.74, 6) is -0.871. The van der Waals surface area contributed by atoms with Crippen LogP contribution in [0, 0.1) is 0 Å². The molecule has 0 bridgehead atoms. The molecule has 0 rings (SSSR count). The molecule has 0 heterocycles. The van der Waals surface area contributed by atoms with Crippen molar-refractivity contribution in [3.05, 3.63) is 0 Å². The molecule has 49 heavy (non-hydrogen) atoms. The summed E-state index contributed by atoms with van der Waals surface area (Å²) < 4.78 is 16.6. The van der Waals surface area contributed by atoms with E-state index >= 15 is 0 Å². The van der Waals surface area contributed by atoms with Gasteiger partial charge in [0.2, 0.25) is 0 Å². The van der Waals surface area contributed by atoms with Crippen molar-refractivity contribution in [2.75, 3.05) is 13.2 Å². The Balaban J connectivity index is 4.14. The summed E-state index contributed by atoms with van der Waals surface area (Å²) in [5, 5.41) is 0. The standard InChI is InChI=1S/C43H82O6/c1-4-7-10-13-15-17-19-20-21-22-24-26-28-31-33-36-42(45)48-39-40(49-43(46)37-34-29-12-9-6-3)38-47-41(44)35-32-30-27-25-23-18-16-14-11-8-5-2/h40H,4-39H2,1-3H3/t40-/m1/s1. The summed E-state index contributed by atoms with van der Waals surface area (Å²) in [4.78, 5) is 37.3. The predicted molar refractivity (Wildman–Crippen MR) is 206 cm³/mol. The molecular formula is C43H82O6. The predicted octanol–water partition coefficient (Wildman–Crippen LogP) is 13.3. The van der Waals surface area contributed by atoms with Gasteiger partial charge in [-0.05, 0) is 19.3 Å². The summed E-state index contributed by atoms with van der Waals surface area (Å²) in [7, 11) is 0. The lowest BCUT2D eigenvalue weighted by atomic mass is 10.0. The normalized spacial score (nSPS) is 11.8. The van der Waals surface area contributed by atoms with Crippen LogP contribution in [0.2, 0.25) is 0 Å². The van der Waals surface area contributed by atoms with Crippen LogP contribution in [0.15, 0.2) is 0 Å². The van der Waals surface area contributed by atoms with Crippen molar-refractivity contribution in [1.82, 2.24) is 0 Å². The highest BCUT2D eigenvalue weighted by atomic mass is 16.6. The van der Waals surface area contributed by atoms with Crippen LogP contribution in [0.4, 0.5) is 0 Å². The number of rotatable bonds is 39. The molecule has 0 N–H and O–H groups in total. The number of esters is 3. The molecule has 0 aromatic heterocycles. The van der Waals surface area contributed by atoms with E-state index in [1.54, 1.807) is 0 Å². The number of ether oxygens (including phenoxy) is 3. The molecule has 1 atom stereocenters. The Labute approximate surface area is 304 Å². The van der Waals surface area contributed by atoms with E-state index in [9.17, 15) is 14.4 Å². The highest BCUT2D eigenvalue weighted by Gasteiger charge is 2.19. The average molecular weight is 695 g/mol. The zero-order valence-corrected chi connectivity index (χ0v) is 33.0. The van der Waals surface area contributed by atoms with E-state index in [2.05, 4.69) is 20.8 Å². The quantitative estimate of drug-likeness (QED) is 0.0362. The Bertz CT molecular complexity index is 723. The summed E-state index contributed by atoms with van der Waals surface area (Å²) >= 11 is 0. The lowest BCUT2D eigenvalue weighted by Crippen LogP contribution is -2.30. The van der Waals surface area contributed by atoms with Gasteiger partial charge in [0.15, 0.2) is 6.10 Å². The Morgan fingerprint density at radius 1 is 0.327 bits per heavy atom. The maximum absolute atomic E-state index is 12.5. The number of unbranched alkanes of at least 4 members (excludes halogenated alkanes) is 28. The van der Waals surface area contributed by atoms with E-state index in [-0.39, 0.29) is 31.1 Å². The number of carbonyl (C=O) groups is 3. The number of hydrogen-bond acceptors (Lipinski definition) is 6. The van der Waals surface area contributed by atoms with Crippen LogP contribution < -0.4 is 0 Å². The van der Waals surface area contributed by atoms with Gasteiger partial charge in [-0.1, -0.05) is 201 Å². The fourth-order valence-electron chi connectivity index (χ4n) is 6.32. The molecule has 6 heteroatoms. The van der Waals surface area contributed by atoms with Crippen LogP contribution in [-0.4, -0.2) is 37.2 Å². The summed E-state index contributed by atoms with van der Waals surface area (Å²) in [6.07, 6.45) is 38.3. The van der Waals surface area contributed by atoms with Crippen molar-refractivity contribution >= 4 is 17.9 Å². The summed E-state index contributed by atoms with van der Waals surface area (Å²) in [6.45, 7) is 6.56. The monoisotopic (exact) mass is 695 g/mol. The molecule has 0 saturated carbocycles. The number of hydrogen-bond donors (Lipinski definition) is 0. The molecule has 0 aliphatic carbocycles. The molecule has 290 valence electrons. The first-order valence-electron chi connectivity index (χ1n) is 21.5. The van der Waals surface area contributed by atoms with Gasteiger partial charge in [-0.3, -0.25) is 14.4 Å². The number of carbonyl (C=O) groups excluding carboxylic acids is 3. The third-order valence-electron chi connectivity index (χ3n) is 9.61. The lowest BCUT2D eigenvalue weighted by Gasteiger charge is -2.18. The van der Waals surface area contributed by atoms with Crippen molar-refractivity contribution in [2.45, 2.75) is 245 Å². The van der Waals surface area contributed by atoms with E-state index in [0.717, 1.165) is 64.2 Å². The van der Waals surface area contributed by atoms with Crippen LogP contribution in [0.1, 0.15) is 239 Å². The van der Waals surface area contributed by atoms with E-state index in [4.69, 9.17) is 14.2 Å². The van der Waals surface area contributed by atoms with Crippen molar-refractivity contribution in [1.29, 1.82) is 0 Å². The maximum Gasteiger partial charge on any atom is 0.306 e. The first-order chi connectivity index (χ1) is 24.0. The van der Waals surface area contributed by atoms with Gasteiger partial charge in [0, 0.05) is 19.3 Å². The van der Waals surface area contributed by atoms with Crippen LogP contribution in [0.5, 0.6) is 0 Å². The third kappa shape index (κ3) is 37.5. The Kier molecular flexibility index (Phi) is 37.9. The zero-order valence-electron chi connectivity index (χ0n) is 33.0. The summed E-state index contributed by atoms with van der Waals surface area (Å²) in [5.41, 5.74) is 0. The SMILES string of the molecule is CCCCCCCCCCCCCCCCCC(=O)OC[C@@H](COC(=O)CCCCCCCCCCCCC)OC(=O)CCCCCCC. The lowest BCUT2D eigenvalue weighted by molar-refractivity contribution is -0.167. The molecule has 0 aliphatic heterocycles. The minimum absolute atomic E-state index is 0.0646. The van der Waals surface area contributed by atoms with Crippen molar-refractivity contribution in [2.24, 2.45) is 0 Å². The van der Waals surface area contributed by atoms with Crippen LogP contribution in [0.25, 0.3) is 0 Å². The van der Waals surface area contributed by atoms with E-state index in [1.807, 2.05) is 0 Å². The maximum atomic E-state index is 12.5. The van der Waals surface area contributed by atoms with Gasteiger partial charge < -0.3 is 14.2 Å². The Morgan fingerprint density at radius 3 is 0.816 bits per heavy atom. The largest absolute Gasteiger partial charge is 0.462 e. The van der Waals surface area contributed by atoms with Crippen LogP contribution >= 0.6 is 0 Å². The van der Waals surface area contributed by atoms with Gasteiger partial charge in [0.05, 0.1) is 0 Å². The van der Waals surface area contributed by atoms with Gasteiger partial charge in [0.1, 0.15) is 13.2 Å². The minimum Gasteiger partial charge on any atom is -0.462 e. The molecule has 0 aliphatic rings. The van der Waals surface area contributed by atoms with Crippen LogP contribution in [-0.2, 0) is 28.6 Å². The first-order valence-corrected chi connectivity index (χ1v) is 21.5. The van der Waals surface area contributed by atoms with E-state index < -0.39 is 6.10 Å². The van der Waals surface area contributed by atoms with Crippen molar-refractivity contribution < 1.29 is 28.6 Å². The van der Waals surface area contributed by atoms with Crippen molar-refractivity contribution in [3.8, 4) is 0 Å². The molecule has 0 spiro atoms. The minimum atomic E-state index is -0.755. The molecule has 0 unspecified atom stereocenters. The Hall–Kier alpha value is -1.59. The third-order valence-corrected chi connectivity index (χ3v) is 9.61. The van der Waals surface area contributed by atoms with Gasteiger partial charge in [-0.25, -0.2) is 0 Å². The Morgan fingerprint density at radius 2 is 0.551 bits per heavy atom.